The molecule has 0 aliphatic heterocycles. The van der Waals surface area contributed by atoms with Gasteiger partial charge in [-0.3, -0.25) is 5.10 Å². The molecule has 2 rings (SSSR count). The highest BCUT2D eigenvalue weighted by atomic mass is 79.9. The van der Waals surface area contributed by atoms with Crippen molar-refractivity contribution in [1.82, 2.24) is 10.2 Å². The summed E-state index contributed by atoms with van der Waals surface area (Å²) in [5.41, 5.74) is 7.28. The molecule has 0 saturated carbocycles. The number of benzene rings is 1. The van der Waals surface area contributed by atoms with Crippen LogP contribution >= 0.6 is 15.9 Å². The van der Waals surface area contributed by atoms with Crippen molar-refractivity contribution < 1.29 is 9.47 Å². The number of aromatic nitrogens is 2. The third-order valence-electron chi connectivity index (χ3n) is 2.51. The highest BCUT2D eigenvalue weighted by molar-refractivity contribution is 9.10. The van der Waals surface area contributed by atoms with E-state index in [0.29, 0.717) is 17.3 Å². The van der Waals surface area contributed by atoms with Gasteiger partial charge >= 0.3 is 0 Å². The Kier molecular flexibility index (Phi) is 3.99. The molecule has 0 bridgehead atoms. The summed E-state index contributed by atoms with van der Waals surface area (Å²) in [5.74, 6) is 1.76. The predicted octanol–water partition coefficient (Wildman–Crippen LogP) is 3.22. The van der Waals surface area contributed by atoms with Gasteiger partial charge in [-0.2, -0.15) is 5.10 Å². The molecule has 1 heterocycles. The number of nitrogen functional groups attached to an aromatic ring is 1. The van der Waals surface area contributed by atoms with Crippen LogP contribution in [0.3, 0.4) is 0 Å². The number of nitrogens with zero attached hydrogens (tertiary/aromatic N) is 1. The summed E-state index contributed by atoms with van der Waals surface area (Å²) in [5, 5.41) is 6.83. The second kappa shape index (κ2) is 5.52. The Bertz CT molecular complexity index is 581. The largest absolute Gasteiger partial charge is 0.493 e. The van der Waals surface area contributed by atoms with E-state index in [0.717, 1.165) is 15.7 Å². The maximum absolute atomic E-state index is 5.87. The van der Waals surface area contributed by atoms with Crippen molar-refractivity contribution in [1.29, 1.82) is 0 Å². The monoisotopic (exact) mass is 325 g/mol. The van der Waals surface area contributed by atoms with E-state index in [9.17, 15) is 0 Å². The number of nitrogens with one attached hydrogen (secondary N) is 1. The smallest absolute Gasteiger partial charge is 0.172 e. The molecule has 0 fully saturated rings. The van der Waals surface area contributed by atoms with Crippen LogP contribution in [0.1, 0.15) is 13.8 Å². The standard InChI is InChI=1S/C13H16BrN3O2/c1-7(2)19-13-10(18-3)5-4-8(14)12(13)9-6-11(15)17-16-9/h4-7H,1-3H3,(H3,15,16,17). The van der Waals surface area contributed by atoms with E-state index in [4.69, 9.17) is 15.2 Å². The van der Waals surface area contributed by atoms with Crippen LogP contribution in [-0.2, 0) is 0 Å². The summed E-state index contributed by atoms with van der Waals surface area (Å²) in [6.45, 7) is 3.93. The molecule has 0 atom stereocenters. The van der Waals surface area contributed by atoms with Crippen LogP contribution in [0.2, 0.25) is 0 Å². The van der Waals surface area contributed by atoms with Crippen molar-refractivity contribution in [3.8, 4) is 22.8 Å². The molecular formula is C13H16BrN3O2. The Morgan fingerprint density at radius 3 is 2.63 bits per heavy atom. The summed E-state index contributed by atoms with van der Waals surface area (Å²) in [4.78, 5) is 0. The average molecular weight is 326 g/mol. The number of anilines is 1. The van der Waals surface area contributed by atoms with Crippen LogP contribution in [0.25, 0.3) is 11.3 Å². The molecule has 5 nitrogen and oxygen atoms in total. The van der Waals surface area contributed by atoms with Gasteiger partial charge in [0.25, 0.3) is 0 Å². The lowest BCUT2D eigenvalue weighted by molar-refractivity contribution is 0.231. The second-order valence-corrected chi connectivity index (χ2v) is 5.18. The van der Waals surface area contributed by atoms with E-state index < -0.39 is 0 Å². The lowest BCUT2D eigenvalue weighted by atomic mass is 10.1. The number of methoxy groups -OCH3 is 1. The van der Waals surface area contributed by atoms with Gasteiger partial charge < -0.3 is 15.2 Å². The molecule has 0 radical (unpaired) electrons. The summed E-state index contributed by atoms with van der Waals surface area (Å²) < 4.78 is 12.1. The molecule has 6 heteroatoms. The Labute approximate surface area is 120 Å². The highest BCUT2D eigenvalue weighted by Crippen LogP contribution is 2.43. The summed E-state index contributed by atoms with van der Waals surface area (Å²) >= 11 is 3.52. The molecule has 2 aromatic rings. The zero-order valence-electron chi connectivity index (χ0n) is 11.0. The van der Waals surface area contributed by atoms with Crippen molar-refractivity contribution in [3.63, 3.8) is 0 Å². The lowest BCUT2D eigenvalue weighted by Crippen LogP contribution is -2.08. The van der Waals surface area contributed by atoms with Crippen LogP contribution in [-0.4, -0.2) is 23.4 Å². The Balaban J connectivity index is 2.62. The SMILES string of the molecule is COc1ccc(Br)c(-c2cc(N)n[nH]2)c1OC(C)C. The zero-order valence-corrected chi connectivity index (χ0v) is 12.6. The first-order valence-electron chi connectivity index (χ1n) is 5.87. The third kappa shape index (κ3) is 2.84. The van der Waals surface area contributed by atoms with E-state index in [1.54, 1.807) is 13.2 Å². The normalized spacial score (nSPS) is 10.8. The summed E-state index contributed by atoms with van der Waals surface area (Å²) in [7, 11) is 1.61. The molecule has 0 unspecified atom stereocenters. The number of hydrogen-bond donors (Lipinski definition) is 2. The average Bonchev–Trinajstić information content (AvgIpc) is 2.75. The van der Waals surface area contributed by atoms with Crippen LogP contribution in [0, 0.1) is 0 Å². The van der Waals surface area contributed by atoms with Gasteiger partial charge in [0.1, 0.15) is 5.82 Å². The van der Waals surface area contributed by atoms with Crippen LogP contribution in [0.4, 0.5) is 5.82 Å². The van der Waals surface area contributed by atoms with Gasteiger partial charge in [-0.15, -0.1) is 0 Å². The maximum atomic E-state index is 5.87. The van der Waals surface area contributed by atoms with Crippen LogP contribution in [0.5, 0.6) is 11.5 Å². The first-order chi connectivity index (χ1) is 9.02. The van der Waals surface area contributed by atoms with E-state index in [1.807, 2.05) is 26.0 Å². The van der Waals surface area contributed by atoms with Gasteiger partial charge in [0, 0.05) is 10.5 Å². The van der Waals surface area contributed by atoms with E-state index >= 15 is 0 Å². The number of ether oxygens (including phenoxy) is 2. The minimum atomic E-state index is 0.0298. The third-order valence-corrected chi connectivity index (χ3v) is 3.17. The predicted molar refractivity (Wildman–Crippen MR) is 78.5 cm³/mol. The van der Waals surface area contributed by atoms with Crippen molar-refractivity contribution in [3.05, 3.63) is 22.7 Å². The molecule has 0 aliphatic rings. The van der Waals surface area contributed by atoms with Gasteiger partial charge in [-0.05, 0) is 41.9 Å². The van der Waals surface area contributed by atoms with Gasteiger partial charge in [0.05, 0.1) is 24.5 Å². The fourth-order valence-corrected chi connectivity index (χ4v) is 2.30. The van der Waals surface area contributed by atoms with Gasteiger partial charge in [0.15, 0.2) is 11.5 Å². The molecule has 0 saturated heterocycles. The second-order valence-electron chi connectivity index (χ2n) is 4.33. The fraction of sp³-hybridized carbons (Fsp3) is 0.308. The van der Waals surface area contributed by atoms with Gasteiger partial charge in [-0.25, -0.2) is 0 Å². The highest BCUT2D eigenvalue weighted by Gasteiger charge is 2.19. The van der Waals surface area contributed by atoms with E-state index in [1.165, 1.54) is 0 Å². The summed E-state index contributed by atoms with van der Waals surface area (Å²) in [6, 6.07) is 5.51. The number of nitrogens with two attached hydrogens (primary N) is 1. The van der Waals surface area contributed by atoms with Gasteiger partial charge in [0.2, 0.25) is 0 Å². The topological polar surface area (TPSA) is 73.2 Å². The minimum Gasteiger partial charge on any atom is -0.493 e. The molecule has 1 aromatic carbocycles. The Hall–Kier alpha value is -1.69. The number of aromatic amines is 1. The van der Waals surface area contributed by atoms with Crippen LogP contribution in [0.15, 0.2) is 22.7 Å². The first kappa shape index (κ1) is 13.7. The molecule has 3 N–H and O–H groups in total. The summed E-state index contributed by atoms with van der Waals surface area (Å²) in [6.07, 6.45) is 0.0298. The number of hydrogen-bond acceptors (Lipinski definition) is 4. The molecule has 1 aromatic heterocycles. The lowest BCUT2D eigenvalue weighted by Gasteiger charge is -2.17. The van der Waals surface area contributed by atoms with Crippen LogP contribution < -0.4 is 15.2 Å². The first-order valence-corrected chi connectivity index (χ1v) is 6.66. The minimum absolute atomic E-state index is 0.0298. The fourth-order valence-electron chi connectivity index (χ4n) is 1.77. The van der Waals surface area contributed by atoms with E-state index in [2.05, 4.69) is 26.1 Å². The van der Waals surface area contributed by atoms with Crippen molar-refractivity contribution in [2.24, 2.45) is 0 Å². The molecule has 0 amide bonds. The quantitative estimate of drug-likeness (QED) is 0.905. The Morgan fingerprint density at radius 2 is 2.11 bits per heavy atom. The zero-order chi connectivity index (χ0) is 14.0. The molecule has 102 valence electrons. The maximum Gasteiger partial charge on any atom is 0.172 e. The van der Waals surface area contributed by atoms with Crippen molar-refractivity contribution in [2.45, 2.75) is 20.0 Å². The van der Waals surface area contributed by atoms with Crippen molar-refractivity contribution >= 4 is 21.7 Å². The van der Waals surface area contributed by atoms with E-state index in [-0.39, 0.29) is 6.10 Å². The molecule has 19 heavy (non-hydrogen) atoms. The number of halogens is 1. The molecule has 0 spiro atoms. The number of rotatable bonds is 4. The molecular weight excluding hydrogens is 310 g/mol. The number of H-pyrrole nitrogens is 1. The molecule has 0 aliphatic carbocycles. The van der Waals surface area contributed by atoms with Crippen molar-refractivity contribution in [2.75, 3.05) is 12.8 Å². The van der Waals surface area contributed by atoms with Gasteiger partial charge in [-0.1, -0.05) is 0 Å². The Morgan fingerprint density at radius 1 is 1.37 bits per heavy atom.